The molecule has 0 N–H and O–H groups in total. The van der Waals surface area contributed by atoms with Crippen molar-refractivity contribution in [1.82, 2.24) is 15.0 Å². The molecular weight excluding hydrogens is 372 g/mol. The molecule has 1 aliphatic heterocycles. The van der Waals surface area contributed by atoms with Crippen molar-refractivity contribution < 1.29 is 9.47 Å². The Kier molecular flexibility index (Phi) is 5.10. The highest BCUT2D eigenvalue weighted by atomic mass is 32.1. The lowest BCUT2D eigenvalue weighted by Gasteiger charge is -2.31. The second-order valence-corrected chi connectivity index (χ2v) is 8.39. The van der Waals surface area contributed by atoms with Gasteiger partial charge in [-0.1, -0.05) is 0 Å². The van der Waals surface area contributed by atoms with Gasteiger partial charge in [0.05, 0.1) is 35.2 Å². The molecule has 3 aromatic rings. The summed E-state index contributed by atoms with van der Waals surface area (Å²) in [6.07, 6.45) is 10.00. The van der Waals surface area contributed by atoms with Gasteiger partial charge in [-0.15, -0.1) is 11.3 Å². The van der Waals surface area contributed by atoms with Gasteiger partial charge < -0.3 is 14.4 Å². The van der Waals surface area contributed by atoms with Crippen LogP contribution in [0.25, 0.3) is 10.9 Å². The Morgan fingerprint density at radius 3 is 2.71 bits per heavy atom. The van der Waals surface area contributed by atoms with E-state index in [1.54, 1.807) is 17.7 Å². The predicted octanol–water partition coefficient (Wildman–Crippen LogP) is 4.03. The molecule has 0 amide bonds. The average Bonchev–Trinajstić information content (AvgIpc) is 3.30. The van der Waals surface area contributed by atoms with E-state index in [0.29, 0.717) is 5.92 Å². The molecule has 0 bridgehead atoms. The van der Waals surface area contributed by atoms with Crippen molar-refractivity contribution >= 4 is 27.9 Å². The van der Waals surface area contributed by atoms with Gasteiger partial charge in [0.15, 0.2) is 0 Å². The summed E-state index contributed by atoms with van der Waals surface area (Å²) in [5.41, 5.74) is 2.09. The van der Waals surface area contributed by atoms with Crippen LogP contribution in [0, 0.1) is 0 Å². The second kappa shape index (κ2) is 8.01. The zero-order valence-electron chi connectivity index (χ0n) is 15.8. The Balaban J connectivity index is 1.36. The average molecular weight is 397 g/mol. The number of benzene rings is 1. The molecule has 1 aromatic carbocycles. The van der Waals surface area contributed by atoms with Crippen LogP contribution < -0.4 is 9.64 Å². The van der Waals surface area contributed by atoms with E-state index >= 15 is 0 Å². The highest BCUT2D eigenvalue weighted by Gasteiger charge is 2.26. The Hall–Kier alpha value is -2.25. The SMILES string of the molecule is c1ncc2c(O[C@H]3CC[C@@H](c4nccs4)CC3)cc(N3CCOCC3)cc2n1. The maximum absolute atomic E-state index is 6.51. The molecule has 0 spiro atoms. The smallest absolute Gasteiger partial charge is 0.132 e. The second-order valence-electron chi connectivity index (χ2n) is 7.46. The molecule has 146 valence electrons. The first-order valence-corrected chi connectivity index (χ1v) is 10.9. The van der Waals surface area contributed by atoms with Crippen LogP contribution in [0.1, 0.15) is 36.6 Å². The van der Waals surface area contributed by atoms with Crippen molar-refractivity contribution in [2.45, 2.75) is 37.7 Å². The molecule has 5 rings (SSSR count). The number of hydrogen-bond acceptors (Lipinski definition) is 7. The third-order valence-electron chi connectivity index (χ3n) is 5.72. The third kappa shape index (κ3) is 3.69. The van der Waals surface area contributed by atoms with Crippen LogP contribution in [-0.4, -0.2) is 47.4 Å². The van der Waals surface area contributed by atoms with Gasteiger partial charge in [-0.3, -0.25) is 0 Å². The zero-order chi connectivity index (χ0) is 18.8. The van der Waals surface area contributed by atoms with Gasteiger partial charge in [-0.25, -0.2) is 15.0 Å². The first-order valence-electron chi connectivity index (χ1n) is 9.99. The summed E-state index contributed by atoms with van der Waals surface area (Å²) in [5, 5.41) is 4.33. The van der Waals surface area contributed by atoms with Gasteiger partial charge in [0.25, 0.3) is 0 Å². The summed E-state index contributed by atoms with van der Waals surface area (Å²) in [7, 11) is 0. The van der Waals surface area contributed by atoms with E-state index in [2.05, 4.69) is 37.4 Å². The fourth-order valence-electron chi connectivity index (χ4n) is 4.18. The quantitative estimate of drug-likeness (QED) is 0.664. The summed E-state index contributed by atoms with van der Waals surface area (Å²) in [6, 6.07) is 4.29. The number of fused-ring (bicyclic) bond motifs is 1. The van der Waals surface area contributed by atoms with Gasteiger partial charge in [0.2, 0.25) is 0 Å². The molecule has 1 aliphatic carbocycles. The number of thiazole rings is 1. The molecule has 2 fully saturated rings. The highest BCUT2D eigenvalue weighted by Crippen LogP contribution is 2.37. The summed E-state index contributed by atoms with van der Waals surface area (Å²) in [5.74, 6) is 1.48. The first kappa shape index (κ1) is 17.8. The van der Waals surface area contributed by atoms with Crippen LogP contribution in [0.5, 0.6) is 5.75 Å². The Morgan fingerprint density at radius 1 is 1.07 bits per heavy atom. The van der Waals surface area contributed by atoms with Crippen LogP contribution >= 0.6 is 11.3 Å². The van der Waals surface area contributed by atoms with E-state index in [-0.39, 0.29) is 6.10 Å². The topological polar surface area (TPSA) is 60.4 Å². The van der Waals surface area contributed by atoms with Crippen molar-refractivity contribution in [2.24, 2.45) is 0 Å². The van der Waals surface area contributed by atoms with E-state index in [9.17, 15) is 0 Å². The number of anilines is 1. The molecule has 6 nitrogen and oxygen atoms in total. The van der Waals surface area contributed by atoms with E-state index in [4.69, 9.17) is 9.47 Å². The molecule has 0 unspecified atom stereocenters. The van der Waals surface area contributed by atoms with Gasteiger partial charge >= 0.3 is 0 Å². The lowest BCUT2D eigenvalue weighted by Crippen LogP contribution is -2.36. The summed E-state index contributed by atoms with van der Waals surface area (Å²) in [4.78, 5) is 15.5. The Bertz CT molecular complexity index is 919. The fraction of sp³-hybridized carbons (Fsp3) is 0.476. The monoisotopic (exact) mass is 396 g/mol. The van der Waals surface area contributed by atoms with Crippen LogP contribution in [0.2, 0.25) is 0 Å². The van der Waals surface area contributed by atoms with Crippen LogP contribution in [0.15, 0.2) is 36.2 Å². The Morgan fingerprint density at radius 2 is 1.93 bits per heavy atom. The Labute approximate surface area is 168 Å². The summed E-state index contributed by atoms with van der Waals surface area (Å²) < 4.78 is 12.0. The summed E-state index contributed by atoms with van der Waals surface area (Å²) >= 11 is 1.77. The normalized spacial score (nSPS) is 23.1. The molecular formula is C21H24N4O2S. The molecule has 2 aromatic heterocycles. The molecule has 7 heteroatoms. The number of aromatic nitrogens is 3. The molecule has 28 heavy (non-hydrogen) atoms. The molecule has 0 radical (unpaired) electrons. The van der Waals surface area contributed by atoms with Crippen molar-refractivity contribution in [3.05, 3.63) is 41.2 Å². The largest absolute Gasteiger partial charge is 0.490 e. The lowest BCUT2D eigenvalue weighted by molar-refractivity contribution is 0.122. The van der Waals surface area contributed by atoms with E-state index in [1.165, 1.54) is 5.01 Å². The van der Waals surface area contributed by atoms with Crippen molar-refractivity contribution in [2.75, 3.05) is 31.2 Å². The number of morpholine rings is 1. The van der Waals surface area contributed by atoms with Gasteiger partial charge in [0, 0.05) is 48.5 Å². The van der Waals surface area contributed by atoms with Crippen LogP contribution in [0.3, 0.4) is 0 Å². The van der Waals surface area contributed by atoms with Crippen molar-refractivity contribution in [1.29, 1.82) is 0 Å². The van der Waals surface area contributed by atoms with E-state index in [1.807, 2.05) is 12.4 Å². The minimum absolute atomic E-state index is 0.236. The maximum Gasteiger partial charge on any atom is 0.132 e. The maximum atomic E-state index is 6.51. The first-order chi connectivity index (χ1) is 13.9. The molecule has 2 aliphatic rings. The van der Waals surface area contributed by atoms with E-state index < -0.39 is 0 Å². The minimum Gasteiger partial charge on any atom is -0.490 e. The predicted molar refractivity (Wildman–Crippen MR) is 110 cm³/mol. The molecule has 0 atom stereocenters. The van der Waals surface area contributed by atoms with Crippen molar-refractivity contribution in [3.63, 3.8) is 0 Å². The molecule has 1 saturated carbocycles. The number of ether oxygens (including phenoxy) is 2. The van der Waals surface area contributed by atoms with Gasteiger partial charge in [-0.05, 0) is 31.7 Å². The van der Waals surface area contributed by atoms with Gasteiger partial charge in [0.1, 0.15) is 12.1 Å². The van der Waals surface area contributed by atoms with Crippen LogP contribution in [-0.2, 0) is 4.74 Å². The van der Waals surface area contributed by atoms with Crippen LogP contribution in [0.4, 0.5) is 5.69 Å². The molecule has 1 saturated heterocycles. The van der Waals surface area contributed by atoms with E-state index in [0.717, 1.165) is 74.3 Å². The number of nitrogens with zero attached hydrogens (tertiary/aromatic N) is 4. The lowest BCUT2D eigenvalue weighted by atomic mass is 9.88. The zero-order valence-corrected chi connectivity index (χ0v) is 16.6. The summed E-state index contributed by atoms with van der Waals surface area (Å²) in [6.45, 7) is 3.32. The number of hydrogen-bond donors (Lipinski definition) is 0. The standard InChI is InChI=1S/C21H24N4O2S/c1-3-17(4-2-15(1)21-23-5-10-28-21)27-20-12-16(25-6-8-26-9-7-25)11-19-18(20)13-22-14-24-19/h5,10-15,17H,1-4,6-9H2/t15-,17+. The number of rotatable bonds is 4. The minimum atomic E-state index is 0.236. The molecule has 3 heterocycles. The fourth-order valence-corrected chi connectivity index (χ4v) is 4.99. The highest BCUT2D eigenvalue weighted by molar-refractivity contribution is 7.09. The van der Waals surface area contributed by atoms with Crippen molar-refractivity contribution in [3.8, 4) is 5.75 Å². The van der Waals surface area contributed by atoms with Gasteiger partial charge in [-0.2, -0.15) is 0 Å². The third-order valence-corrected chi connectivity index (χ3v) is 6.65.